The predicted molar refractivity (Wildman–Crippen MR) is 191 cm³/mol. The summed E-state index contributed by atoms with van der Waals surface area (Å²) in [6, 6.07) is 43.9. The average Bonchev–Trinajstić information content (AvgIpc) is 3.56. The third-order valence-corrected chi connectivity index (χ3v) is 9.81. The highest BCUT2D eigenvalue weighted by atomic mass is 15.0. The molecule has 0 saturated heterocycles. The van der Waals surface area contributed by atoms with Gasteiger partial charge in [0, 0.05) is 21.9 Å². The minimum Gasteiger partial charge on any atom is -0.313 e. The molecule has 1 atom stereocenters. The number of aromatic nitrogens is 1. The number of fused-ring (bicyclic) bond motifs is 6. The quantitative estimate of drug-likeness (QED) is 0.174. The molecule has 2 nitrogen and oxygen atoms in total. The van der Waals surface area contributed by atoms with Gasteiger partial charge in [-0.05, 0) is 84.3 Å². The first kappa shape index (κ1) is 27.3. The van der Waals surface area contributed by atoms with Crippen molar-refractivity contribution in [2.75, 3.05) is 0 Å². The molecule has 6 aromatic rings. The number of hydrogen-bond acceptors (Lipinski definition) is 1. The van der Waals surface area contributed by atoms with E-state index in [2.05, 4.69) is 164 Å². The number of hydrogen-bond donors (Lipinski definition) is 0. The van der Waals surface area contributed by atoms with Crippen LogP contribution in [-0.4, -0.2) is 10.3 Å². The highest BCUT2D eigenvalue weighted by molar-refractivity contribution is 6.15. The van der Waals surface area contributed by atoms with Crippen LogP contribution in [-0.2, 0) is 12.0 Å². The van der Waals surface area contributed by atoms with Gasteiger partial charge in [0.05, 0.1) is 23.3 Å². The van der Waals surface area contributed by atoms with Crippen LogP contribution in [0, 0.1) is 0 Å². The van der Waals surface area contributed by atoms with Crippen LogP contribution in [0.2, 0.25) is 0 Å². The van der Waals surface area contributed by atoms with Gasteiger partial charge >= 0.3 is 0 Å². The number of allylic oxidation sites excluding steroid dienone is 6. The lowest BCUT2D eigenvalue weighted by Crippen LogP contribution is -2.24. The van der Waals surface area contributed by atoms with Crippen molar-refractivity contribution < 1.29 is 0 Å². The normalized spacial score (nSPS) is 17.9. The van der Waals surface area contributed by atoms with Crippen LogP contribution in [0.4, 0.5) is 0 Å². The van der Waals surface area contributed by atoms with Crippen LogP contribution < -0.4 is 0 Å². The molecule has 1 heterocycles. The van der Waals surface area contributed by atoms with Crippen LogP contribution in [0.15, 0.2) is 156 Å². The van der Waals surface area contributed by atoms with E-state index in [0.29, 0.717) is 6.54 Å². The Morgan fingerprint density at radius 2 is 1.49 bits per heavy atom. The van der Waals surface area contributed by atoms with Gasteiger partial charge in [-0.1, -0.05) is 127 Å². The van der Waals surface area contributed by atoms with E-state index in [1.54, 1.807) is 0 Å². The maximum absolute atomic E-state index is 5.16. The molecule has 218 valence electrons. The van der Waals surface area contributed by atoms with Gasteiger partial charge in [-0.25, -0.2) is 0 Å². The van der Waals surface area contributed by atoms with Gasteiger partial charge in [-0.15, -0.1) is 0 Å². The lowest BCUT2D eigenvalue weighted by Gasteiger charge is -2.32. The van der Waals surface area contributed by atoms with Crippen molar-refractivity contribution in [3.63, 3.8) is 0 Å². The minimum atomic E-state index is -0.171. The van der Waals surface area contributed by atoms with Crippen LogP contribution in [0.3, 0.4) is 0 Å². The van der Waals surface area contributed by atoms with Gasteiger partial charge in [0.2, 0.25) is 0 Å². The summed E-state index contributed by atoms with van der Waals surface area (Å²) in [5.41, 5.74) is 13.8. The molecular weight excluding hydrogens is 544 g/mol. The number of para-hydroxylation sites is 1. The highest BCUT2D eigenvalue weighted by Gasteiger charge is 2.42. The zero-order valence-electron chi connectivity index (χ0n) is 25.9. The van der Waals surface area contributed by atoms with Crippen molar-refractivity contribution in [2.45, 2.75) is 38.6 Å². The zero-order valence-corrected chi connectivity index (χ0v) is 25.9. The number of aliphatic imine (C=N–C) groups is 1. The van der Waals surface area contributed by atoms with Gasteiger partial charge in [0.1, 0.15) is 0 Å². The average molecular weight is 581 g/mol. The molecule has 1 unspecified atom stereocenters. The van der Waals surface area contributed by atoms with E-state index in [0.717, 1.165) is 29.8 Å². The Morgan fingerprint density at radius 1 is 0.756 bits per heavy atom. The van der Waals surface area contributed by atoms with Gasteiger partial charge < -0.3 is 4.57 Å². The van der Waals surface area contributed by atoms with E-state index in [9.17, 15) is 0 Å². The van der Waals surface area contributed by atoms with Crippen molar-refractivity contribution in [3.8, 4) is 11.1 Å². The summed E-state index contributed by atoms with van der Waals surface area (Å²) in [4.78, 5) is 5.16. The van der Waals surface area contributed by atoms with Crippen LogP contribution in [0.25, 0.3) is 38.6 Å². The zero-order chi connectivity index (χ0) is 30.4. The first-order chi connectivity index (χ1) is 22.1. The molecule has 5 aromatic carbocycles. The Morgan fingerprint density at radius 3 is 2.29 bits per heavy atom. The van der Waals surface area contributed by atoms with Gasteiger partial charge in [-0.2, -0.15) is 0 Å². The number of rotatable bonds is 6. The highest BCUT2D eigenvalue weighted by Crippen LogP contribution is 2.55. The SMILES string of the molecule is C/C(=C\C(=NCc1ccccc1)c1ccccc1)n1c2ccccc2c2cc3c(cc21)C(C)(C1=CC=CCC1)c1ccccc1-3. The van der Waals surface area contributed by atoms with E-state index in [1.807, 2.05) is 0 Å². The molecule has 2 aliphatic rings. The molecule has 0 spiro atoms. The fourth-order valence-electron chi connectivity index (χ4n) is 7.55. The van der Waals surface area contributed by atoms with E-state index in [4.69, 9.17) is 4.99 Å². The summed E-state index contributed by atoms with van der Waals surface area (Å²) in [6.07, 6.45) is 11.3. The summed E-state index contributed by atoms with van der Waals surface area (Å²) < 4.78 is 2.45. The summed E-state index contributed by atoms with van der Waals surface area (Å²) in [6.45, 7) is 5.30. The molecule has 0 N–H and O–H groups in total. The van der Waals surface area contributed by atoms with Gasteiger partial charge in [0.15, 0.2) is 0 Å². The Bertz CT molecular complexity index is 2190. The molecule has 0 radical (unpaired) electrons. The Kier molecular flexibility index (Phi) is 6.72. The summed E-state index contributed by atoms with van der Waals surface area (Å²) in [7, 11) is 0. The molecule has 2 aliphatic carbocycles. The van der Waals surface area contributed by atoms with E-state index in [1.165, 1.54) is 55.2 Å². The van der Waals surface area contributed by atoms with Crippen LogP contribution >= 0.6 is 0 Å². The lowest BCUT2D eigenvalue weighted by molar-refractivity contribution is 0.650. The first-order valence-corrected chi connectivity index (χ1v) is 16.0. The maximum Gasteiger partial charge on any atom is 0.0668 e. The smallest absolute Gasteiger partial charge is 0.0668 e. The summed E-state index contributed by atoms with van der Waals surface area (Å²) in [5.74, 6) is 0. The van der Waals surface area contributed by atoms with E-state index < -0.39 is 0 Å². The lowest BCUT2D eigenvalue weighted by atomic mass is 9.71. The Labute approximate surface area is 265 Å². The summed E-state index contributed by atoms with van der Waals surface area (Å²) in [5, 5.41) is 2.56. The molecule has 2 heteroatoms. The second-order valence-electron chi connectivity index (χ2n) is 12.4. The van der Waals surface area contributed by atoms with E-state index >= 15 is 0 Å². The largest absolute Gasteiger partial charge is 0.313 e. The molecule has 0 aliphatic heterocycles. The summed E-state index contributed by atoms with van der Waals surface area (Å²) >= 11 is 0. The monoisotopic (exact) mass is 580 g/mol. The molecule has 45 heavy (non-hydrogen) atoms. The standard InChI is InChI=1S/C43H36N2/c1-30(26-40(32-18-8-4-9-19-32)44-29-31-16-6-3-7-17-31)45-41-25-15-13-23-35(41)37-27-36-34-22-12-14-24-38(34)43(2,39(36)28-42(37)45)33-20-10-5-11-21-33/h3-10,12-20,22-28H,11,21,29H2,1-2H3/b30-26+,44-40?. The Hall–Kier alpha value is -5.21. The van der Waals surface area contributed by atoms with Gasteiger partial charge in [-0.3, -0.25) is 4.99 Å². The fourth-order valence-corrected chi connectivity index (χ4v) is 7.55. The second kappa shape index (κ2) is 11.1. The fraction of sp³-hybridized carbons (Fsp3) is 0.140. The first-order valence-electron chi connectivity index (χ1n) is 16.0. The molecule has 0 saturated carbocycles. The third kappa shape index (κ3) is 4.52. The molecule has 1 aromatic heterocycles. The minimum absolute atomic E-state index is 0.171. The third-order valence-electron chi connectivity index (χ3n) is 9.81. The number of nitrogens with zero attached hydrogens (tertiary/aromatic N) is 2. The van der Waals surface area contributed by atoms with E-state index in [-0.39, 0.29) is 5.41 Å². The number of benzene rings is 5. The van der Waals surface area contributed by atoms with Crippen molar-refractivity contribution in [1.82, 2.24) is 4.57 Å². The van der Waals surface area contributed by atoms with Crippen molar-refractivity contribution in [2.24, 2.45) is 4.99 Å². The Balaban J connectivity index is 1.35. The van der Waals surface area contributed by atoms with Crippen LogP contribution in [0.1, 0.15) is 48.9 Å². The molecule has 8 rings (SSSR count). The van der Waals surface area contributed by atoms with Crippen molar-refractivity contribution >= 4 is 33.2 Å². The topological polar surface area (TPSA) is 17.3 Å². The van der Waals surface area contributed by atoms with Crippen LogP contribution in [0.5, 0.6) is 0 Å². The van der Waals surface area contributed by atoms with Crippen molar-refractivity contribution in [3.05, 3.63) is 173 Å². The molecule has 0 bridgehead atoms. The predicted octanol–water partition coefficient (Wildman–Crippen LogP) is 10.9. The molecular formula is C43H36N2. The van der Waals surface area contributed by atoms with Crippen molar-refractivity contribution in [1.29, 1.82) is 0 Å². The molecule has 0 fully saturated rings. The maximum atomic E-state index is 5.16. The van der Waals surface area contributed by atoms with Gasteiger partial charge in [0.25, 0.3) is 0 Å². The molecule has 0 amide bonds. The second-order valence-corrected chi connectivity index (χ2v) is 12.4.